The van der Waals surface area contributed by atoms with Crippen LogP contribution in [0.2, 0.25) is 0 Å². The van der Waals surface area contributed by atoms with E-state index >= 15 is 0 Å². The number of hydrogen-bond donors (Lipinski definition) is 1. The lowest BCUT2D eigenvalue weighted by atomic mass is 9.96. The zero-order valence-electron chi connectivity index (χ0n) is 11.0. The maximum Gasteiger partial charge on any atom is 0.129 e. The van der Waals surface area contributed by atoms with Crippen LogP contribution in [0.1, 0.15) is 41.0 Å². The summed E-state index contributed by atoms with van der Waals surface area (Å²) in [7, 11) is 0. The van der Waals surface area contributed by atoms with Crippen LogP contribution in [0.25, 0.3) is 0 Å². The first-order chi connectivity index (χ1) is 8.54. The van der Waals surface area contributed by atoms with Crippen LogP contribution in [0.4, 0.5) is 4.39 Å². The summed E-state index contributed by atoms with van der Waals surface area (Å²) in [5, 5.41) is 0. The number of halogens is 1. The molecule has 0 bridgehead atoms. The van der Waals surface area contributed by atoms with Crippen LogP contribution in [-0.2, 0) is 6.42 Å². The van der Waals surface area contributed by atoms with E-state index in [-0.39, 0.29) is 11.9 Å². The number of hydrogen-bond acceptors (Lipinski definition) is 2. The fraction of sp³-hybridized carbons (Fsp3) is 0.333. The van der Waals surface area contributed by atoms with Gasteiger partial charge in [0.05, 0.1) is 12.3 Å². The van der Waals surface area contributed by atoms with Gasteiger partial charge in [-0.25, -0.2) is 4.39 Å². The van der Waals surface area contributed by atoms with Crippen LogP contribution in [0, 0.1) is 19.7 Å². The molecule has 18 heavy (non-hydrogen) atoms. The second-order valence-corrected chi connectivity index (χ2v) is 4.60. The maximum atomic E-state index is 13.6. The molecule has 3 heteroatoms. The Bertz CT molecular complexity index is 536. The quantitative estimate of drug-likeness (QED) is 0.899. The molecule has 2 rings (SSSR count). The second-order valence-electron chi connectivity index (χ2n) is 4.60. The molecule has 0 saturated carbocycles. The van der Waals surface area contributed by atoms with Crippen molar-refractivity contribution in [2.24, 2.45) is 5.73 Å². The molecule has 1 aromatic heterocycles. The third-order valence-electron chi connectivity index (χ3n) is 3.25. The van der Waals surface area contributed by atoms with E-state index in [4.69, 9.17) is 10.2 Å². The van der Waals surface area contributed by atoms with Crippen molar-refractivity contribution >= 4 is 0 Å². The molecule has 96 valence electrons. The molecule has 2 nitrogen and oxygen atoms in total. The first kappa shape index (κ1) is 12.8. The Morgan fingerprint density at radius 2 is 1.89 bits per heavy atom. The van der Waals surface area contributed by atoms with Gasteiger partial charge in [0.1, 0.15) is 11.6 Å². The van der Waals surface area contributed by atoms with Gasteiger partial charge in [-0.15, -0.1) is 0 Å². The Morgan fingerprint density at radius 1 is 1.28 bits per heavy atom. The van der Waals surface area contributed by atoms with E-state index < -0.39 is 0 Å². The van der Waals surface area contributed by atoms with Gasteiger partial charge < -0.3 is 10.2 Å². The van der Waals surface area contributed by atoms with Gasteiger partial charge in [-0.1, -0.05) is 19.1 Å². The molecule has 0 saturated heterocycles. The summed E-state index contributed by atoms with van der Waals surface area (Å²) >= 11 is 0. The van der Waals surface area contributed by atoms with Crippen molar-refractivity contribution < 1.29 is 8.81 Å². The van der Waals surface area contributed by atoms with Gasteiger partial charge in [0.25, 0.3) is 0 Å². The third kappa shape index (κ3) is 2.18. The van der Waals surface area contributed by atoms with Crippen molar-refractivity contribution in [2.45, 2.75) is 33.2 Å². The molecule has 1 atom stereocenters. The Kier molecular flexibility index (Phi) is 3.53. The van der Waals surface area contributed by atoms with Gasteiger partial charge in [0.15, 0.2) is 0 Å². The predicted molar refractivity (Wildman–Crippen MR) is 70.0 cm³/mol. The highest BCUT2D eigenvalue weighted by Gasteiger charge is 2.16. The average Bonchev–Trinajstić information content (AvgIpc) is 2.82. The topological polar surface area (TPSA) is 39.2 Å². The van der Waals surface area contributed by atoms with E-state index in [2.05, 4.69) is 0 Å². The molecule has 0 fully saturated rings. The third-order valence-corrected chi connectivity index (χ3v) is 3.25. The van der Waals surface area contributed by atoms with Crippen LogP contribution >= 0.6 is 0 Å². The average molecular weight is 247 g/mol. The molecule has 0 radical (unpaired) electrons. The van der Waals surface area contributed by atoms with Crippen molar-refractivity contribution in [3.05, 3.63) is 58.3 Å². The van der Waals surface area contributed by atoms with E-state index in [1.165, 1.54) is 0 Å². The van der Waals surface area contributed by atoms with E-state index in [1.807, 2.05) is 13.0 Å². The van der Waals surface area contributed by atoms with Crippen molar-refractivity contribution in [3.63, 3.8) is 0 Å². The minimum atomic E-state index is -0.267. The molecule has 2 N–H and O–H groups in total. The molecule has 1 unspecified atom stereocenters. The summed E-state index contributed by atoms with van der Waals surface area (Å²) in [5.74, 6) is 0.732. The van der Waals surface area contributed by atoms with Gasteiger partial charge >= 0.3 is 0 Å². The van der Waals surface area contributed by atoms with Crippen LogP contribution in [0.15, 0.2) is 28.9 Å². The fourth-order valence-corrected chi connectivity index (χ4v) is 2.25. The molecule has 0 spiro atoms. The Morgan fingerprint density at radius 3 is 2.44 bits per heavy atom. The van der Waals surface area contributed by atoms with Crippen LogP contribution in [0.5, 0.6) is 0 Å². The van der Waals surface area contributed by atoms with E-state index in [9.17, 15) is 4.39 Å². The fourth-order valence-electron chi connectivity index (χ4n) is 2.25. The maximum absolute atomic E-state index is 13.6. The van der Waals surface area contributed by atoms with Gasteiger partial charge in [-0.05, 0) is 36.6 Å². The normalized spacial score (nSPS) is 12.7. The van der Waals surface area contributed by atoms with Gasteiger partial charge in [-0.3, -0.25) is 0 Å². The summed E-state index contributed by atoms with van der Waals surface area (Å²) in [6.45, 7) is 5.54. The van der Waals surface area contributed by atoms with Crippen molar-refractivity contribution in [1.82, 2.24) is 0 Å². The first-order valence-corrected chi connectivity index (χ1v) is 6.13. The highest BCUT2D eigenvalue weighted by molar-refractivity contribution is 5.38. The molecule has 1 heterocycles. The first-order valence-electron chi connectivity index (χ1n) is 6.13. The standard InChI is InChI=1S/C15H18FNO/c1-4-13-12(5-6-18-13)15(17)11-7-9(2)14(16)10(3)8-11/h5-8,15H,4,17H2,1-3H3. The van der Waals surface area contributed by atoms with E-state index in [0.717, 1.165) is 23.3 Å². The second kappa shape index (κ2) is 4.94. The van der Waals surface area contributed by atoms with Crippen LogP contribution < -0.4 is 5.73 Å². The smallest absolute Gasteiger partial charge is 0.129 e. The zero-order chi connectivity index (χ0) is 13.3. The van der Waals surface area contributed by atoms with Crippen molar-refractivity contribution in [3.8, 4) is 0 Å². The molecule has 1 aromatic carbocycles. The number of benzene rings is 1. The summed E-state index contributed by atoms with van der Waals surface area (Å²) in [5.41, 5.74) is 9.39. The lowest BCUT2D eigenvalue weighted by molar-refractivity contribution is 0.509. The predicted octanol–water partition coefficient (Wildman–Crippen LogP) is 3.65. The Hall–Kier alpha value is -1.61. The van der Waals surface area contributed by atoms with Gasteiger partial charge in [0.2, 0.25) is 0 Å². The summed E-state index contributed by atoms with van der Waals surface area (Å²) in [4.78, 5) is 0. The molecule has 0 aliphatic carbocycles. The van der Waals surface area contributed by atoms with E-state index in [1.54, 1.807) is 32.2 Å². The van der Waals surface area contributed by atoms with Crippen LogP contribution in [0.3, 0.4) is 0 Å². The van der Waals surface area contributed by atoms with Crippen LogP contribution in [-0.4, -0.2) is 0 Å². The van der Waals surface area contributed by atoms with Crippen molar-refractivity contribution in [1.29, 1.82) is 0 Å². The lowest BCUT2D eigenvalue weighted by Crippen LogP contribution is -2.13. The van der Waals surface area contributed by atoms with Gasteiger partial charge in [0, 0.05) is 12.0 Å². The number of furan rings is 1. The summed E-state index contributed by atoms with van der Waals surface area (Å²) in [6.07, 6.45) is 2.45. The summed E-state index contributed by atoms with van der Waals surface area (Å²) < 4.78 is 19.0. The number of rotatable bonds is 3. The molecule has 2 aromatic rings. The largest absolute Gasteiger partial charge is 0.469 e. The molecular weight excluding hydrogens is 229 g/mol. The van der Waals surface area contributed by atoms with Gasteiger partial charge in [-0.2, -0.15) is 0 Å². The molecular formula is C15H18FNO. The molecule has 0 aliphatic rings. The van der Waals surface area contributed by atoms with E-state index in [0.29, 0.717) is 11.1 Å². The minimum absolute atomic E-state index is 0.158. The zero-order valence-corrected chi connectivity index (χ0v) is 11.0. The van der Waals surface area contributed by atoms with Crippen molar-refractivity contribution in [2.75, 3.05) is 0 Å². The summed E-state index contributed by atoms with van der Waals surface area (Å²) in [6, 6.07) is 5.23. The molecule has 0 amide bonds. The Balaban J connectivity index is 2.43. The monoisotopic (exact) mass is 247 g/mol. The highest BCUT2D eigenvalue weighted by Crippen LogP contribution is 2.27. The highest BCUT2D eigenvalue weighted by atomic mass is 19.1. The Labute approximate surface area is 107 Å². The number of aryl methyl sites for hydroxylation is 3. The lowest BCUT2D eigenvalue weighted by Gasteiger charge is -2.14. The number of nitrogens with two attached hydrogens (primary N) is 1. The SMILES string of the molecule is CCc1occc1C(N)c1cc(C)c(F)c(C)c1. The molecule has 0 aliphatic heterocycles. The minimum Gasteiger partial charge on any atom is -0.469 e.